The average Bonchev–Trinajstić information content (AvgIpc) is 2.75. The van der Waals surface area contributed by atoms with Crippen molar-refractivity contribution in [3.05, 3.63) is 53.2 Å². The average molecular weight is 480 g/mol. The number of ether oxygens (including phenoxy) is 3. The molecule has 0 N–H and O–H groups in total. The normalized spacial score (nSPS) is 23.0. The molecule has 0 aliphatic carbocycles. The van der Waals surface area contributed by atoms with Crippen LogP contribution in [0.5, 0.6) is 11.6 Å². The summed E-state index contributed by atoms with van der Waals surface area (Å²) in [6, 6.07) is 6.15. The number of piperidine rings is 1. The summed E-state index contributed by atoms with van der Waals surface area (Å²) in [5.41, 5.74) is -0.189. The Bertz CT molecular complexity index is 999. The summed E-state index contributed by atoms with van der Waals surface area (Å²) >= 11 is 0. The van der Waals surface area contributed by atoms with Crippen LogP contribution in [0.2, 0.25) is 0 Å². The van der Waals surface area contributed by atoms with Crippen molar-refractivity contribution in [1.29, 1.82) is 0 Å². The first kappa shape index (κ1) is 24.3. The number of hydrogen-bond donors (Lipinski definition) is 0. The van der Waals surface area contributed by atoms with Crippen molar-refractivity contribution in [2.75, 3.05) is 13.2 Å². The summed E-state index contributed by atoms with van der Waals surface area (Å²) in [6.45, 7) is 5.93. The van der Waals surface area contributed by atoms with Crippen LogP contribution in [0.3, 0.4) is 0 Å². The highest BCUT2D eigenvalue weighted by Crippen LogP contribution is 2.36. The molecule has 0 saturated carbocycles. The molecule has 34 heavy (non-hydrogen) atoms. The molecule has 10 heteroatoms. The van der Waals surface area contributed by atoms with E-state index < -0.39 is 23.8 Å². The highest BCUT2D eigenvalue weighted by Gasteiger charge is 2.43. The van der Waals surface area contributed by atoms with E-state index in [1.54, 1.807) is 25.1 Å². The molecule has 3 heterocycles. The Balaban J connectivity index is 1.53. The van der Waals surface area contributed by atoms with Gasteiger partial charge in [0.2, 0.25) is 5.88 Å². The van der Waals surface area contributed by atoms with Gasteiger partial charge in [-0.25, -0.2) is 9.78 Å². The highest BCUT2D eigenvalue weighted by molar-refractivity contribution is 5.92. The fraction of sp³-hybridized carbons (Fsp3) is 0.500. The predicted octanol–water partition coefficient (Wildman–Crippen LogP) is 4.58. The van der Waals surface area contributed by atoms with Crippen molar-refractivity contribution in [2.24, 2.45) is 0 Å². The van der Waals surface area contributed by atoms with Gasteiger partial charge in [-0.05, 0) is 44.5 Å². The molecular formula is C24H27F3N2O5. The lowest BCUT2D eigenvalue weighted by molar-refractivity contribution is -0.222. The number of aromatic nitrogens is 1. The summed E-state index contributed by atoms with van der Waals surface area (Å²) in [5, 5.41) is 1.71. The molecule has 2 bridgehead atoms. The Labute approximate surface area is 195 Å². The number of aryl methyl sites for hydroxylation is 1. The van der Waals surface area contributed by atoms with E-state index in [4.69, 9.17) is 19.0 Å². The van der Waals surface area contributed by atoms with E-state index in [2.05, 4.69) is 4.98 Å². The maximum Gasteiger partial charge on any atom is 0.416 e. The quantitative estimate of drug-likeness (QED) is 0.561. The van der Waals surface area contributed by atoms with Gasteiger partial charge in [0.15, 0.2) is 5.75 Å². The maximum atomic E-state index is 13.3. The largest absolute Gasteiger partial charge is 0.474 e. The lowest BCUT2D eigenvalue weighted by atomic mass is 9.94. The number of alkyl halides is 3. The van der Waals surface area contributed by atoms with Crippen LogP contribution in [0, 0.1) is 6.92 Å². The first-order valence-corrected chi connectivity index (χ1v) is 11.2. The standard InChI is InChI=1S/C24H27F3N2O5/c1-14(2)32-23(30)20-8-16(24(25,26)27)5-6-21(20)34-29-17-9-19(10-18(29)13-31-12-17)33-22-7-4-15(3)11-28-22/h4-8,11,14,17-19H,9-10,12-13H2,1-3H3/t17-,18+,19?. The van der Waals surface area contributed by atoms with E-state index in [-0.39, 0.29) is 29.5 Å². The number of carbonyl (C=O) groups excluding carboxylic acids is 1. The van der Waals surface area contributed by atoms with Crippen LogP contribution in [0.15, 0.2) is 36.5 Å². The third-order valence-electron chi connectivity index (χ3n) is 5.66. The molecule has 1 aromatic carbocycles. The zero-order valence-corrected chi connectivity index (χ0v) is 19.2. The Morgan fingerprint density at radius 2 is 1.85 bits per heavy atom. The Hall–Kier alpha value is -2.85. The highest BCUT2D eigenvalue weighted by atomic mass is 19.4. The summed E-state index contributed by atoms with van der Waals surface area (Å²) in [7, 11) is 0. The number of rotatable bonds is 6. The molecule has 4 rings (SSSR count). The minimum Gasteiger partial charge on any atom is -0.474 e. The number of carbonyl (C=O) groups is 1. The number of hydroxylamine groups is 2. The molecule has 2 fully saturated rings. The fourth-order valence-electron chi connectivity index (χ4n) is 4.11. The predicted molar refractivity (Wildman–Crippen MR) is 115 cm³/mol. The number of hydrogen-bond acceptors (Lipinski definition) is 7. The number of pyridine rings is 1. The summed E-state index contributed by atoms with van der Waals surface area (Å²) in [6.07, 6.45) is -2.34. The topological polar surface area (TPSA) is 70.1 Å². The van der Waals surface area contributed by atoms with Crippen LogP contribution in [-0.2, 0) is 15.7 Å². The van der Waals surface area contributed by atoms with Crippen molar-refractivity contribution < 1.29 is 37.0 Å². The number of esters is 1. The van der Waals surface area contributed by atoms with Gasteiger partial charge in [-0.1, -0.05) is 6.07 Å². The second-order valence-corrected chi connectivity index (χ2v) is 8.84. The Kier molecular flexibility index (Phi) is 6.99. The Morgan fingerprint density at radius 3 is 2.44 bits per heavy atom. The number of morpholine rings is 1. The molecule has 2 saturated heterocycles. The van der Waals surface area contributed by atoms with Crippen LogP contribution < -0.4 is 9.57 Å². The van der Waals surface area contributed by atoms with Gasteiger partial charge in [-0.3, -0.25) is 0 Å². The fourth-order valence-corrected chi connectivity index (χ4v) is 4.11. The lowest BCUT2D eigenvalue weighted by Gasteiger charge is -2.46. The van der Waals surface area contributed by atoms with Gasteiger partial charge < -0.3 is 19.0 Å². The minimum atomic E-state index is -4.60. The van der Waals surface area contributed by atoms with Crippen molar-refractivity contribution >= 4 is 5.97 Å². The SMILES string of the molecule is Cc1ccc(OC2C[C@H]3COC[C@@H](C2)N3Oc2ccc(C(F)(F)F)cc2C(=O)OC(C)C)nc1. The zero-order valence-electron chi connectivity index (χ0n) is 19.2. The third kappa shape index (κ3) is 5.61. The summed E-state index contributed by atoms with van der Waals surface area (Å²) < 4.78 is 56.7. The maximum absolute atomic E-state index is 13.3. The molecule has 2 aliphatic rings. The van der Waals surface area contributed by atoms with Crippen LogP contribution in [0.1, 0.15) is 48.2 Å². The molecule has 2 aromatic rings. The van der Waals surface area contributed by atoms with Gasteiger partial charge in [-0.15, -0.1) is 5.06 Å². The molecule has 0 amide bonds. The van der Waals surface area contributed by atoms with Gasteiger partial charge in [0.1, 0.15) is 11.7 Å². The van der Waals surface area contributed by atoms with E-state index in [0.29, 0.717) is 31.9 Å². The second kappa shape index (κ2) is 9.79. The molecule has 7 nitrogen and oxygen atoms in total. The van der Waals surface area contributed by atoms with Gasteiger partial charge in [0.25, 0.3) is 0 Å². The van der Waals surface area contributed by atoms with Crippen molar-refractivity contribution in [3.63, 3.8) is 0 Å². The molecule has 2 aliphatic heterocycles. The summed E-state index contributed by atoms with van der Waals surface area (Å²) in [4.78, 5) is 22.9. The van der Waals surface area contributed by atoms with E-state index in [0.717, 1.165) is 23.8 Å². The molecular weight excluding hydrogens is 453 g/mol. The Morgan fingerprint density at radius 1 is 1.15 bits per heavy atom. The van der Waals surface area contributed by atoms with Crippen LogP contribution in [0.25, 0.3) is 0 Å². The van der Waals surface area contributed by atoms with Crippen LogP contribution in [0.4, 0.5) is 13.2 Å². The second-order valence-electron chi connectivity index (χ2n) is 8.84. The molecule has 184 valence electrons. The van der Waals surface area contributed by atoms with Crippen LogP contribution >= 0.6 is 0 Å². The molecule has 3 atom stereocenters. The number of fused-ring (bicyclic) bond motifs is 2. The monoisotopic (exact) mass is 480 g/mol. The van der Waals surface area contributed by atoms with E-state index >= 15 is 0 Å². The van der Waals surface area contributed by atoms with Crippen molar-refractivity contribution in [1.82, 2.24) is 10.0 Å². The molecule has 0 spiro atoms. The van der Waals surface area contributed by atoms with E-state index in [1.807, 2.05) is 19.1 Å². The zero-order chi connectivity index (χ0) is 24.5. The van der Waals surface area contributed by atoms with Gasteiger partial charge in [0, 0.05) is 25.1 Å². The van der Waals surface area contributed by atoms with Gasteiger partial charge in [0.05, 0.1) is 37.0 Å². The van der Waals surface area contributed by atoms with E-state index in [1.165, 1.54) is 0 Å². The van der Waals surface area contributed by atoms with Crippen LogP contribution in [-0.4, -0.2) is 53.5 Å². The first-order valence-electron chi connectivity index (χ1n) is 11.2. The van der Waals surface area contributed by atoms with Gasteiger partial charge in [-0.2, -0.15) is 13.2 Å². The van der Waals surface area contributed by atoms with E-state index in [9.17, 15) is 18.0 Å². The van der Waals surface area contributed by atoms with Crippen molar-refractivity contribution in [2.45, 2.75) is 64.1 Å². The smallest absolute Gasteiger partial charge is 0.416 e. The van der Waals surface area contributed by atoms with Gasteiger partial charge >= 0.3 is 12.1 Å². The lowest BCUT2D eigenvalue weighted by Crippen LogP contribution is -2.60. The first-order chi connectivity index (χ1) is 16.1. The number of halogens is 3. The molecule has 0 radical (unpaired) electrons. The summed E-state index contributed by atoms with van der Waals surface area (Å²) in [5.74, 6) is -0.332. The third-order valence-corrected chi connectivity index (χ3v) is 5.66. The minimum absolute atomic E-state index is 0.00937. The number of nitrogens with zero attached hydrogens (tertiary/aromatic N) is 2. The number of benzene rings is 1. The molecule has 1 unspecified atom stereocenters. The van der Waals surface area contributed by atoms with Crippen molar-refractivity contribution in [3.8, 4) is 11.6 Å². The molecule has 1 aromatic heterocycles.